The Morgan fingerprint density at radius 1 is 1.57 bits per heavy atom. The second-order valence-electron chi connectivity index (χ2n) is 3.09. The molecule has 78 valence electrons. The van der Waals surface area contributed by atoms with Crippen LogP contribution in [-0.4, -0.2) is 12.2 Å². The van der Waals surface area contributed by atoms with Crippen LogP contribution in [0.25, 0.3) is 0 Å². The lowest BCUT2D eigenvalue weighted by molar-refractivity contribution is 0.193. The van der Waals surface area contributed by atoms with Crippen LogP contribution < -0.4 is 4.74 Å². The van der Waals surface area contributed by atoms with E-state index in [4.69, 9.17) is 16.3 Å². The third kappa shape index (κ3) is 1.83. The molecule has 1 N–H and O–H groups in total. The standard InChI is InChI=1S/C10H12ClFO2/c1-5-8(12)4-7(11)10(14-3)9(5)6(2)13/h4,6,13H,1-3H3. The maximum Gasteiger partial charge on any atom is 0.143 e. The van der Waals surface area contributed by atoms with Crippen LogP contribution in [0.5, 0.6) is 5.75 Å². The number of hydrogen-bond acceptors (Lipinski definition) is 2. The van der Waals surface area contributed by atoms with Gasteiger partial charge in [0, 0.05) is 5.56 Å². The first-order valence-electron chi connectivity index (χ1n) is 4.19. The van der Waals surface area contributed by atoms with Gasteiger partial charge in [0.15, 0.2) is 0 Å². The summed E-state index contributed by atoms with van der Waals surface area (Å²) in [6.45, 7) is 3.12. The monoisotopic (exact) mass is 218 g/mol. The molecular weight excluding hydrogens is 207 g/mol. The van der Waals surface area contributed by atoms with Crippen LogP contribution in [0.15, 0.2) is 6.07 Å². The van der Waals surface area contributed by atoms with Crippen LogP contribution in [0.2, 0.25) is 5.02 Å². The Balaban J connectivity index is 3.48. The molecule has 2 nitrogen and oxygen atoms in total. The lowest BCUT2D eigenvalue weighted by atomic mass is 10.0. The highest BCUT2D eigenvalue weighted by atomic mass is 35.5. The summed E-state index contributed by atoms with van der Waals surface area (Å²) < 4.78 is 18.3. The topological polar surface area (TPSA) is 29.5 Å². The Labute approximate surface area is 87.3 Å². The molecule has 0 fully saturated rings. The molecule has 0 spiro atoms. The van der Waals surface area contributed by atoms with Crippen LogP contribution in [0.1, 0.15) is 24.2 Å². The SMILES string of the molecule is COc1c(Cl)cc(F)c(C)c1C(C)O. The van der Waals surface area contributed by atoms with Gasteiger partial charge < -0.3 is 9.84 Å². The van der Waals surface area contributed by atoms with Gasteiger partial charge in [0.05, 0.1) is 18.2 Å². The predicted molar refractivity (Wildman–Crippen MR) is 53.3 cm³/mol. The predicted octanol–water partition coefficient (Wildman–Crippen LogP) is 2.85. The molecule has 0 aliphatic heterocycles. The maximum atomic E-state index is 13.3. The lowest BCUT2D eigenvalue weighted by Crippen LogP contribution is -2.02. The molecule has 14 heavy (non-hydrogen) atoms. The molecule has 0 aromatic heterocycles. The van der Waals surface area contributed by atoms with E-state index in [1.54, 1.807) is 13.8 Å². The van der Waals surface area contributed by atoms with Crippen molar-refractivity contribution < 1.29 is 14.2 Å². The molecule has 1 aromatic rings. The van der Waals surface area contributed by atoms with E-state index >= 15 is 0 Å². The van der Waals surface area contributed by atoms with Crippen LogP contribution in [0.4, 0.5) is 4.39 Å². The van der Waals surface area contributed by atoms with E-state index in [-0.39, 0.29) is 5.02 Å². The maximum absolute atomic E-state index is 13.3. The number of hydrogen-bond donors (Lipinski definition) is 1. The molecule has 1 aromatic carbocycles. The fourth-order valence-electron chi connectivity index (χ4n) is 1.42. The van der Waals surface area contributed by atoms with Crippen LogP contribution in [-0.2, 0) is 0 Å². The molecule has 0 radical (unpaired) electrons. The van der Waals surface area contributed by atoms with Gasteiger partial charge in [-0.05, 0) is 25.5 Å². The quantitative estimate of drug-likeness (QED) is 0.827. The van der Waals surface area contributed by atoms with E-state index in [9.17, 15) is 9.50 Å². The number of methoxy groups -OCH3 is 1. The second-order valence-corrected chi connectivity index (χ2v) is 3.50. The van der Waals surface area contributed by atoms with Crippen molar-refractivity contribution in [2.24, 2.45) is 0 Å². The Morgan fingerprint density at radius 3 is 2.57 bits per heavy atom. The van der Waals surface area contributed by atoms with Gasteiger partial charge in [-0.1, -0.05) is 11.6 Å². The molecule has 1 rings (SSSR count). The molecule has 1 unspecified atom stereocenters. The molecule has 0 bridgehead atoms. The summed E-state index contributed by atoms with van der Waals surface area (Å²) in [5.74, 6) is -0.104. The van der Waals surface area contributed by atoms with Crippen molar-refractivity contribution in [3.05, 3.63) is 28.0 Å². The van der Waals surface area contributed by atoms with Gasteiger partial charge in [-0.15, -0.1) is 0 Å². The normalized spacial score (nSPS) is 12.7. The van der Waals surface area contributed by atoms with Crippen molar-refractivity contribution in [3.63, 3.8) is 0 Å². The minimum absolute atomic E-state index is 0.173. The van der Waals surface area contributed by atoms with Gasteiger partial charge in [-0.2, -0.15) is 0 Å². The zero-order valence-corrected chi connectivity index (χ0v) is 9.02. The van der Waals surface area contributed by atoms with Crippen LogP contribution in [0, 0.1) is 12.7 Å². The van der Waals surface area contributed by atoms with Crippen LogP contribution in [0.3, 0.4) is 0 Å². The number of ether oxygens (including phenoxy) is 1. The third-order valence-corrected chi connectivity index (χ3v) is 2.38. The number of halogens is 2. The van der Waals surface area contributed by atoms with Crippen molar-refractivity contribution >= 4 is 11.6 Å². The van der Waals surface area contributed by atoms with E-state index in [2.05, 4.69) is 0 Å². The van der Waals surface area contributed by atoms with E-state index in [0.29, 0.717) is 16.9 Å². The van der Waals surface area contributed by atoms with E-state index in [1.165, 1.54) is 13.2 Å². The Bertz CT molecular complexity index is 350. The summed E-state index contributed by atoms with van der Waals surface area (Å²) in [6.07, 6.45) is -0.807. The highest BCUT2D eigenvalue weighted by Gasteiger charge is 2.18. The molecular formula is C10H12ClFO2. The largest absolute Gasteiger partial charge is 0.495 e. The van der Waals surface area contributed by atoms with Crippen molar-refractivity contribution in [2.45, 2.75) is 20.0 Å². The first-order chi connectivity index (χ1) is 6.49. The van der Waals surface area contributed by atoms with Gasteiger partial charge >= 0.3 is 0 Å². The molecule has 0 heterocycles. The lowest BCUT2D eigenvalue weighted by Gasteiger charge is -2.15. The van der Waals surface area contributed by atoms with E-state index < -0.39 is 11.9 Å². The Morgan fingerprint density at radius 2 is 2.14 bits per heavy atom. The molecule has 0 saturated heterocycles. The van der Waals surface area contributed by atoms with Crippen molar-refractivity contribution in [1.82, 2.24) is 0 Å². The van der Waals surface area contributed by atoms with Gasteiger partial charge in [-0.3, -0.25) is 0 Å². The van der Waals surface area contributed by atoms with Gasteiger partial charge in [-0.25, -0.2) is 4.39 Å². The van der Waals surface area contributed by atoms with Crippen LogP contribution >= 0.6 is 11.6 Å². The molecule has 0 saturated carbocycles. The highest BCUT2D eigenvalue weighted by Crippen LogP contribution is 2.36. The minimum atomic E-state index is -0.807. The zero-order valence-electron chi connectivity index (χ0n) is 8.27. The van der Waals surface area contributed by atoms with Crippen molar-refractivity contribution in [3.8, 4) is 5.75 Å². The summed E-state index contributed by atoms with van der Waals surface area (Å²) in [6, 6.07) is 1.18. The summed E-state index contributed by atoms with van der Waals surface area (Å²) >= 11 is 5.77. The summed E-state index contributed by atoms with van der Waals surface area (Å²) in [7, 11) is 1.43. The van der Waals surface area contributed by atoms with Gasteiger partial charge in [0.1, 0.15) is 11.6 Å². The summed E-state index contributed by atoms with van der Waals surface area (Å²) in [4.78, 5) is 0. The van der Waals surface area contributed by atoms with Crippen molar-refractivity contribution in [1.29, 1.82) is 0 Å². The Hall–Kier alpha value is -0.800. The summed E-state index contributed by atoms with van der Waals surface area (Å²) in [5, 5.41) is 9.63. The first kappa shape index (κ1) is 11.3. The fourth-order valence-corrected chi connectivity index (χ4v) is 1.70. The van der Waals surface area contributed by atoms with Crippen molar-refractivity contribution in [2.75, 3.05) is 7.11 Å². The van der Waals surface area contributed by atoms with E-state index in [1.807, 2.05) is 0 Å². The second kappa shape index (κ2) is 4.15. The number of rotatable bonds is 2. The number of aliphatic hydroxyl groups excluding tert-OH is 1. The van der Waals surface area contributed by atoms with Gasteiger partial charge in [0.25, 0.3) is 0 Å². The zero-order chi connectivity index (χ0) is 10.9. The number of benzene rings is 1. The number of aliphatic hydroxyl groups is 1. The molecule has 0 amide bonds. The first-order valence-corrected chi connectivity index (χ1v) is 4.57. The smallest absolute Gasteiger partial charge is 0.143 e. The fraction of sp³-hybridized carbons (Fsp3) is 0.400. The van der Waals surface area contributed by atoms with Gasteiger partial charge in [0.2, 0.25) is 0 Å². The average molecular weight is 219 g/mol. The minimum Gasteiger partial charge on any atom is -0.495 e. The summed E-state index contributed by atoms with van der Waals surface area (Å²) in [5.41, 5.74) is 0.763. The molecule has 0 aliphatic rings. The third-order valence-electron chi connectivity index (χ3n) is 2.10. The Kier molecular flexibility index (Phi) is 3.34. The molecule has 0 aliphatic carbocycles. The molecule has 1 atom stereocenters. The van der Waals surface area contributed by atoms with E-state index in [0.717, 1.165) is 0 Å². The average Bonchev–Trinajstić information content (AvgIpc) is 2.10. The highest BCUT2D eigenvalue weighted by molar-refractivity contribution is 6.32. The molecule has 4 heteroatoms.